The van der Waals surface area contributed by atoms with Gasteiger partial charge in [-0.1, -0.05) is 41.1 Å². The van der Waals surface area contributed by atoms with Crippen LogP contribution < -0.4 is 19.8 Å². The van der Waals surface area contributed by atoms with E-state index in [1.807, 2.05) is 23.1 Å². The third-order valence-electron chi connectivity index (χ3n) is 3.90. The van der Waals surface area contributed by atoms with Crippen LogP contribution in [0, 0.1) is 5.82 Å². The maximum absolute atomic E-state index is 13.4. The zero-order valence-corrected chi connectivity index (χ0v) is 14.6. The van der Waals surface area contributed by atoms with Crippen molar-refractivity contribution in [3.05, 3.63) is 84.6 Å². The number of nitrogens with zero attached hydrogens (tertiary/aromatic N) is 3. The van der Waals surface area contributed by atoms with E-state index in [1.165, 1.54) is 23.5 Å². The summed E-state index contributed by atoms with van der Waals surface area (Å²) in [6.07, 6.45) is 1.81. The zero-order chi connectivity index (χ0) is 17.4. The maximum Gasteiger partial charge on any atom is 0.271 e. The summed E-state index contributed by atoms with van der Waals surface area (Å²) in [7, 11) is 0. The van der Waals surface area contributed by atoms with Crippen LogP contribution in [0.1, 0.15) is 5.56 Å². The van der Waals surface area contributed by atoms with E-state index in [9.17, 15) is 9.18 Å². The lowest BCUT2D eigenvalue weighted by Crippen LogP contribution is -2.42. The van der Waals surface area contributed by atoms with Gasteiger partial charge >= 0.3 is 0 Å². The second kappa shape index (κ2) is 6.46. The SMILES string of the molecule is O=c1c(=Cc2cccc(Cl)c2)sc2n1CN(c1cccc(F)c1)CN=2. The van der Waals surface area contributed by atoms with Gasteiger partial charge in [0, 0.05) is 10.7 Å². The summed E-state index contributed by atoms with van der Waals surface area (Å²) in [6.45, 7) is 0.737. The number of benzene rings is 2. The van der Waals surface area contributed by atoms with Crippen molar-refractivity contribution in [3.63, 3.8) is 0 Å². The first kappa shape index (κ1) is 16.1. The minimum Gasteiger partial charge on any atom is -0.333 e. The molecule has 2 heterocycles. The molecule has 0 N–H and O–H groups in total. The molecule has 126 valence electrons. The number of hydrogen-bond donors (Lipinski definition) is 0. The lowest BCUT2D eigenvalue weighted by Gasteiger charge is -2.25. The van der Waals surface area contributed by atoms with Crippen LogP contribution in [0.4, 0.5) is 10.1 Å². The van der Waals surface area contributed by atoms with Crippen molar-refractivity contribution in [2.45, 2.75) is 6.67 Å². The molecule has 0 saturated heterocycles. The summed E-state index contributed by atoms with van der Waals surface area (Å²) in [5, 5.41) is 0.622. The molecule has 0 bridgehead atoms. The summed E-state index contributed by atoms with van der Waals surface area (Å²) in [4.78, 5) is 19.7. The monoisotopic (exact) mass is 373 g/mol. The summed E-state index contributed by atoms with van der Waals surface area (Å²) in [5.74, 6) is -0.309. The van der Waals surface area contributed by atoms with E-state index in [0.717, 1.165) is 5.56 Å². The van der Waals surface area contributed by atoms with Crippen molar-refractivity contribution in [3.8, 4) is 0 Å². The van der Waals surface area contributed by atoms with Gasteiger partial charge in [0.1, 0.15) is 19.2 Å². The number of anilines is 1. The fourth-order valence-corrected chi connectivity index (χ4v) is 3.86. The predicted octanol–water partition coefficient (Wildman–Crippen LogP) is 2.59. The molecule has 0 saturated carbocycles. The van der Waals surface area contributed by atoms with Crippen LogP contribution >= 0.6 is 22.9 Å². The molecule has 7 heteroatoms. The van der Waals surface area contributed by atoms with Gasteiger partial charge in [-0.2, -0.15) is 0 Å². The number of halogens is 2. The lowest BCUT2D eigenvalue weighted by atomic mass is 10.2. The predicted molar refractivity (Wildman–Crippen MR) is 98.1 cm³/mol. The highest BCUT2D eigenvalue weighted by Gasteiger charge is 2.16. The van der Waals surface area contributed by atoms with Gasteiger partial charge in [-0.05, 0) is 42.0 Å². The average molecular weight is 374 g/mol. The molecule has 1 aliphatic rings. The Balaban J connectivity index is 1.73. The van der Waals surface area contributed by atoms with Crippen molar-refractivity contribution in [2.75, 3.05) is 11.6 Å². The first-order chi connectivity index (χ1) is 12.1. The molecule has 2 aromatic carbocycles. The summed E-state index contributed by atoms with van der Waals surface area (Å²) in [6, 6.07) is 13.6. The fraction of sp³-hybridized carbons (Fsp3) is 0.111. The van der Waals surface area contributed by atoms with Gasteiger partial charge in [-0.3, -0.25) is 9.36 Å². The molecule has 1 aliphatic heterocycles. The van der Waals surface area contributed by atoms with Gasteiger partial charge in [-0.25, -0.2) is 9.38 Å². The molecule has 0 radical (unpaired) electrons. The molecule has 1 aromatic heterocycles. The van der Waals surface area contributed by atoms with Crippen molar-refractivity contribution in [1.82, 2.24) is 4.57 Å². The van der Waals surface area contributed by atoms with Crippen LogP contribution in [0.25, 0.3) is 6.08 Å². The molecule has 4 rings (SSSR count). The fourth-order valence-electron chi connectivity index (χ4n) is 2.70. The molecule has 0 amide bonds. The van der Waals surface area contributed by atoms with Crippen LogP contribution in [0.3, 0.4) is 0 Å². The highest BCUT2D eigenvalue weighted by Crippen LogP contribution is 2.17. The van der Waals surface area contributed by atoms with Gasteiger partial charge in [0.25, 0.3) is 5.56 Å². The number of thiazole rings is 1. The second-order valence-electron chi connectivity index (χ2n) is 5.64. The molecular formula is C18H13ClFN3OS. The van der Waals surface area contributed by atoms with E-state index in [0.29, 0.717) is 33.4 Å². The second-order valence-corrected chi connectivity index (χ2v) is 7.09. The number of rotatable bonds is 2. The first-order valence-corrected chi connectivity index (χ1v) is 8.81. The van der Waals surface area contributed by atoms with E-state index in [2.05, 4.69) is 4.99 Å². The molecule has 4 nitrogen and oxygen atoms in total. The van der Waals surface area contributed by atoms with E-state index in [1.54, 1.807) is 28.8 Å². The third kappa shape index (κ3) is 3.23. The Morgan fingerprint density at radius 1 is 1.20 bits per heavy atom. The van der Waals surface area contributed by atoms with Crippen molar-refractivity contribution in [2.24, 2.45) is 4.99 Å². The molecule has 0 unspecified atom stereocenters. The Morgan fingerprint density at radius 3 is 2.84 bits per heavy atom. The Kier molecular flexibility index (Phi) is 4.15. The topological polar surface area (TPSA) is 37.6 Å². The number of fused-ring (bicyclic) bond motifs is 1. The van der Waals surface area contributed by atoms with Crippen LogP contribution in [-0.4, -0.2) is 11.2 Å². The highest BCUT2D eigenvalue weighted by atomic mass is 35.5. The Hall–Kier alpha value is -2.44. The highest BCUT2D eigenvalue weighted by molar-refractivity contribution is 7.07. The third-order valence-corrected chi connectivity index (χ3v) is 5.18. The summed E-state index contributed by atoms with van der Waals surface area (Å²) < 4.78 is 15.6. The van der Waals surface area contributed by atoms with Crippen LogP contribution in [0.15, 0.2) is 58.3 Å². The minimum atomic E-state index is -0.309. The Bertz CT molecular complexity index is 1120. The van der Waals surface area contributed by atoms with E-state index in [4.69, 9.17) is 11.6 Å². The molecule has 0 fully saturated rings. The van der Waals surface area contributed by atoms with Crippen molar-refractivity contribution < 1.29 is 4.39 Å². The normalized spacial score (nSPS) is 14.3. The standard InChI is InChI=1S/C18H13ClFN3OS/c19-13-4-1-3-12(7-13)8-16-17(24)23-11-22(10-21-18(23)25-16)15-6-2-5-14(20)9-15/h1-9H,10-11H2. The zero-order valence-electron chi connectivity index (χ0n) is 13.0. The van der Waals surface area contributed by atoms with Gasteiger partial charge in [0.15, 0.2) is 4.80 Å². The molecule has 0 aliphatic carbocycles. The largest absolute Gasteiger partial charge is 0.333 e. The van der Waals surface area contributed by atoms with E-state index < -0.39 is 0 Å². The summed E-state index contributed by atoms with van der Waals surface area (Å²) >= 11 is 7.34. The summed E-state index contributed by atoms with van der Waals surface area (Å²) in [5.41, 5.74) is 1.46. The van der Waals surface area contributed by atoms with Gasteiger partial charge in [0.2, 0.25) is 0 Å². The number of hydrogen-bond acceptors (Lipinski definition) is 4. The van der Waals surface area contributed by atoms with Gasteiger partial charge in [-0.15, -0.1) is 0 Å². The number of aromatic nitrogens is 1. The quantitative estimate of drug-likeness (QED) is 0.692. The first-order valence-electron chi connectivity index (χ1n) is 7.62. The Labute approximate surface area is 151 Å². The molecule has 0 atom stereocenters. The van der Waals surface area contributed by atoms with Crippen molar-refractivity contribution >= 4 is 34.7 Å². The van der Waals surface area contributed by atoms with E-state index in [-0.39, 0.29) is 11.4 Å². The maximum atomic E-state index is 13.4. The van der Waals surface area contributed by atoms with Gasteiger partial charge in [0.05, 0.1) is 4.53 Å². The molecule has 25 heavy (non-hydrogen) atoms. The molecular weight excluding hydrogens is 361 g/mol. The van der Waals surface area contributed by atoms with Gasteiger partial charge < -0.3 is 4.90 Å². The van der Waals surface area contributed by atoms with E-state index >= 15 is 0 Å². The minimum absolute atomic E-state index is 0.107. The molecule has 3 aromatic rings. The van der Waals surface area contributed by atoms with Crippen LogP contribution in [0.5, 0.6) is 0 Å². The molecule has 0 spiro atoms. The lowest BCUT2D eigenvalue weighted by molar-refractivity contribution is 0.565. The van der Waals surface area contributed by atoms with Crippen LogP contribution in [-0.2, 0) is 6.67 Å². The van der Waals surface area contributed by atoms with Crippen LogP contribution in [0.2, 0.25) is 5.02 Å². The van der Waals surface area contributed by atoms with Crippen molar-refractivity contribution in [1.29, 1.82) is 0 Å². The smallest absolute Gasteiger partial charge is 0.271 e. The Morgan fingerprint density at radius 2 is 2.04 bits per heavy atom. The average Bonchev–Trinajstić information content (AvgIpc) is 2.90.